The van der Waals surface area contributed by atoms with Gasteiger partial charge in [-0.2, -0.15) is 0 Å². The Bertz CT molecular complexity index is 441. The van der Waals surface area contributed by atoms with Gasteiger partial charge in [-0.1, -0.05) is 0 Å². The molecule has 0 aromatic heterocycles. The topological polar surface area (TPSA) is 38.3 Å². The molecular formula is C13H16BrNO2. The van der Waals surface area contributed by atoms with Gasteiger partial charge in [0, 0.05) is 17.5 Å². The predicted octanol–water partition coefficient (Wildman–Crippen LogP) is 2.64. The molecular weight excluding hydrogens is 282 g/mol. The quantitative estimate of drug-likeness (QED) is 0.849. The second-order valence-electron chi connectivity index (χ2n) is 4.49. The van der Waals surface area contributed by atoms with Gasteiger partial charge >= 0.3 is 0 Å². The number of ketones is 1. The maximum Gasteiger partial charge on any atom is 0.170 e. The molecule has 0 unspecified atom stereocenters. The number of methoxy groups -OCH3 is 1. The van der Waals surface area contributed by atoms with Crippen LogP contribution >= 0.6 is 15.9 Å². The number of hydrogen-bond acceptors (Lipinski definition) is 3. The van der Waals surface area contributed by atoms with E-state index in [9.17, 15) is 4.79 Å². The van der Waals surface area contributed by atoms with Gasteiger partial charge in [-0.25, -0.2) is 0 Å². The second-order valence-corrected chi connectivity index (χ2v) is 5.34. The van der Waals surface area contributed by atoms with E-state index in [-0.39, 0.29) is 11.2 Å². The van der Waals surface area contributed by atoms with Crippen molar-refractivity contribution < 1.29 is 9.53 Å². The number of hydrogen-bond donors (Lipinski definition) is 1. The van der Waals surface area contributed by atoms with Crippen molar-refractivity contribution in [2.24, 2.45) is 5.41 Å². The number of carbonyl (C=O) groups excluding carboxylic acids is 1. The summed E-state index contributed by atoms with van der Waals surface area (Å²) in [5, 5.41) is 3.10. The van der Waals surface area contributed by atoms with Crippen LogP contribution in [0, 0.1) is 5.41 Å². The Labute approximate surface area is 110 Å². The van der Waals surface area contributed by atoms with Gasteiger partial charge in [0.1, 0.15) is 5.75 Å². The van der Waals surface area contributed by atoms with E-state index in [1.54, 1.807) is 7.11 Å². The molecule has 2 rings (SSSR count). The van der Waals surface area contributed by atoms with Crippen molar-refractivity contribution in [3.8, 4) is 5.75 Å². The molecule has 1 aromatic rings. The van der Waals surface area contributed by atoms with E-state index in [0.29, 0.717) is 0 Å². The summed E-state index contributed by atoms with van der Waals surface area (Å²) in [6, 6.07) is 5.51. The van der Waals surface area contributed by atoms with Crippen molar-refractivity contribution in [3.63, 3.8) is 0 Å². The normalized spacial score (nSPS) is 16.6. The molecule has 1 fully saturated rings. The summed E-state index contributed by atoms with van der Waals surface area (Å²) < 4.78 is 5.98. The van der Waals surface area contributed by atoms with Crippen LogP contribution in [0.15, 0.2) is 22.7 Å². The highest BCUT2D eigenvalue weighted by molar-refractivity contribution is 9.10. The number of carbonyl (C=O) groups is 1. The van der Waals surface area contributed by atoms with Crippen LogP contribution in [0.25, 0.3) is 0 Å². The third-order valence-corrected chi connectivity index (χ3v) is 3.88. The first kappa shape index (κ1) is 12.6. The van der Waals surface area contributed by atoms with Crippen molar-refractivity contribution in [3.05, 3.63) is 28.2 Å². The van der Waals surface area contributed by atoms with E-state index in [1.165, 1.54) is 0 Å². The van der Waals surface area contributed by atoms with Crippen molar-refractivity contribution in [2.45, 2.75) is 12.8 Å². The van der Waals surface area contributed by atoms with Crippen molar-refractivity contribution >= 4 is 21.7 Å². The number of Topliss-reactive ketones (excluding diaryl/α,β-unsaturated/α-hetero) is 1. The smallest absolute Gasteiger partial charge is 0.170 e. The molecule has 1 N–H and O–H groups in total. The average molecular weight is 298 g/mol. The molecule has 4 heteroatoms. The van der Waals surface area contributed by atoms with Crippen molar-refractivity contribution in [1.82, 2.24) is 5.32 Å². The average Bonchev–Trinajstić information content (AvgIpc) is 3.09. The largest absolute Gasteiger partial charge is 0.496 e. The molecule has 0 saturated heterocycles. The van der Waals surface area contributed by atoms with Gasteiger partial charge in [0.2, 0.25) is 0 Å². The minimum Gasteiger partial charge on any atom is -0.496 e. The first-order chi connectivity index (χ1) is 8.13. The molecule has 17 heavy (non-hydrogen) atoms. The zero-order chi connectivity index (χ0) is 12.5. The lowest BCUT2D eigenvalue weighted by Crippen LogP contribution is -2.27. The van der Waals surface area contributed by atoms with Crippen LogP contribution in [0.4, 0.5) is 0 Å². The van der Waals surface area contributed by atoms with E-state index in [0.717, 1.165) is 35.2 Å². The molecule has 92 valence electrons. The second kappa shape index (κ2) is 4.78. The summed E-state index contributed by atoms with van der Waals surface area (Å²) in [6.45, 7) is 0.759. The molecule has 0 radical (unpaired) electrons. The fourth-order valence-corrected chi connectivity index (χ4v) is 2.63. The maximum atomic E-state index is 12.4. The highest BCUT2D eigenvalue weighted by atomic mass is 79.9. The summed E-state index contributed by atoms with van der Waals surface area (Å²) >= 11 is 3.41. The van der Waals surface area contributed by atoms with Crippen LogP contribution < -0.4 is 10.1 Å². The van der Waals surface area contributed by atoms with Crippen molar-refractivity contribution in [2.75, 3.05) is 20.7 Å². The fraction of sp³-hybridized carbons (Fsp3) is 0.462. The Morgan fingerprint density at radius 3 is 2.71 bits per heavy atom. The van der Waals surface area contributed by atoms with Crippen LogP contribution in [0.1, 0.15) is 23.2 Å². The predicted molar refractivity (Wildman–Crippen MR) is 70.6 cm³/mol. The highest BCUT2D eigenvalue weighted by Crippen LogP contribution is 2.48. The number of rotatable bonds is 5. The van der Waals surface area contributed by atoms with Gasteiger partial charge in [0.25, 0.3) is 0 Å². The third-order valence-electron chi connectivity index (χ3n) is 3.26. The minimum atomic E-state index is -0.164. The zero-order valence-electron chi connectivity index (χ0n) is 10.0. The monoisotopic (exact) mass is 297 g/mol. The van der Waals surface area contributed by atoms with Gasteiger partial charge in [-0.15, -0.1) is 0 Å². The van der Waals surface area contributed by atoms with Gasteiger partial charge in [-0.05, 0) is 54.0 Å². The molecule has 0 heterocycles. The minimum absolute atomic E-state index is 0.164. The molecule has 1 aromatic carbocycles. The van der Waals surface area contributed by atoms with E-state index in [2.05, 4.69) is 21.2 Å². The standard InChI is InChI=1S/C13H16BrNO2/c1-15-8-13(5-6-13)12(16)9-3-4-11(17-2)10(14)7-9/h3-4,7,15H,5-6,8H2,1-2H3. The SMILES string of the molecule is CNCC1(C(=O)c2ccc(OC)c(Br)c2)CC1. The summed E-state index contributed by atoms with van der Waals surface area (Å²) in [5.74, 6) is 0.982. The number of halogens is 1. The number of benzene rings is 1. The summed E-state index contributed by atoms with van der Waals surface area (Å²) in [4.78, 5) is 12.4. The lowest BCUT2D eigenvalue weighted by molar-refractivity contribution is 0.0900. The molecule has 0 bridgehead atoms. The number of nitrogens with one attached hydrogen (secondary N) is 1. The first-order valence-electron chi connectivity index (χ1n) is 5.66. The van der Waals surface area contributed by atoms with E-state index >= 15 is 0 Å². The van der Waals surface area contributed by atoms with Crippen LogP contribution in [0.2, 0.25) is 0 Å². The van der Waals surface area contributed by atoms with Crippen molar-refractivity contribution in [1.29, 1.82) is 0 Å². The first-order valence-corrected chi connectivity index (χ1v) is 6.45. The van der Waals surface area contributed by atoms with Crippen LogP contribution in [-0.4, -0.2) is 26.5 Å². The van der Waals surface area contributed by atoms with E-state index in [4.69, 9.17) is 4.74 Å². The molecule has 1 aliphatic carbocycles. The highest BCUT2D eigenvalue weighted by Gasteiger charge is 2.49. The maximum absolute atomic E-state index is 12.4. The van der Waals surface area contributed by atoms with Crippen LogP contribution in [0.3, 0.4) is 0 Å². The summed E-state index contributed by atoms with van der Waals surface area (Å²) in [5.41, 5.74) is 0.591. The lowest BCUT2D eigenvalue weighted by Gasteiger charge is -2.14. The van der Waals surface area contributed by atoms with Crippen LogP contribution in [-0.2, 0) is 0 Å². The Hall–Kier alpha value is -0.870. The Morgan fingerprint density at radius 2 is 2.24 bits per heavy atom. The lowest BCUT2D eigenvalue weighted by atomic mass is 9.94. The van der Waals surface area contributed by atoms with E-state index < -0.39 is 0 Å². The fourth-order valence-electron chi connectivity index (χ4n) is 2.09. The van der Waals surface area contributed by atoms with E-state index in [1.807, 2.05) is 25.2 Å². The van der Waals surface area contributed by atoms with Gasteiger partial charge in [0.05, 0.1) is 11.6 Å². The zero-order valence-corrected chi connectivity index (χ0v) is 11.6. The molecule has 1 saturated carbocycles. The summed E-state index contributed by atoms with van der Waals surface area (Å²) in [6.07, 6.45) is 1.96. The summed E-state index contributed by atoms with van der Waals surface area (Å²) in [7, 11) is 3.50. The number of ether oxygens (including phenoxy) is 1. The van der Waals surface area contributed by atoms with Gasteiger partial charge < -0.3 is 10.1 Å². The van der Waals surface area contributed by atoms with Gasteiger partial charge in [-0.3, -0.25) is 4.79 Å². The van der Waals surface area contributed by atoms with Crippen LogP contribution in [0.5, 0.6) is 5.75 Å². The molecule has 1 aliphatic rings. The molecule has 0 spiro atoms. The Balaban J connectivity index is 2.23. The third kappa shape index (κ3) is 2.38. The molecule has 0 amide bonds. The molecule has 0 aliphatic heterocycles. The molecule has 0 atom stereocenters. The van der Waals surface area contributed by atoms with Gasteiger partial charge in [0.15, 0.2) is 5.78 Å². The Kier molecular flexibility index (Phi) is 3.54. The Morgan fingerprint density at radius 1 is 1.53 bits per heavy atom. The molecule has 3 nitrogen and oxygen atoms in total.